The molecule has 1 aromatic rings. The number of carbonyl (C=O) groups is 1. The van der Waals surface area contributed by atoms with Gasteiger partial charge in [0, 0.05) is 25.0 Å². The molecular weight excluding hydrogens is 214 g/mol. The molecule has 15 heavy (non-hydrogen) atoms. The molecule has 2 heterocycles. The van der Waals surface area contributed by atoms with Crippen LogP contribution in [0.2, 0.25) is 0 Å². The first-order chi connectivity index (χ1) is 7.29. The molecule has 1 saturated heterocycles. The average molecular weight is 226 g/mol. The Morgan fingerprint density at radius 3 is 3.07 bits per heavy atom. The number of nitrogens with zero attached hydrogens (tertiary/aromatic N) is 3. The minimum Gasteiger partial charge on any atom is -0.336 e. The van der Waals surface area contributed by atoms with Crippen LogP contribution in [0.1, 0.15) is 12.1 Å². The smallest absolute Gasteiger partial charge is 0.223 e. The number of hydrogen-bond acceptors (Lipinski definition) is 3. The van der Waals surface area contributed by atoms with Gasteiger partial charge in [0.1, 0.15) is 6.33 Å². The Balaban J connectivity index is 1.99. The summed E-state index contributed by atoms with van der Waals surface area (Å²) in [5.41, 5.74) is 0.869. The van der Waals surface area contributed by atoms with Crippen molar-refractivity contribution in [1.82, 2.24) is 14.9 Å². The molecule has 1 aromatic heterocycles. The topological polar surface area (TPSA) is 46.1 Å². The molecule has 2 rings (SSSR count). The summed E-state index contributed by atoms with van der Waals surface area (Å²) in [6.07, 6.45) is 3.74. The number of rotatable bonds is 3. The number of amides is 1. The highest BCUT2D eigenvalue weighted by atomic mass is 35.5. The lowest BCUT2D eigenvalue weighted by molar-refractivity contribution is -0.128. The van der Waals surface area contributed by atoms with E-state index in [1.165, 1.54) is 6.33 Å². The van der Waals surface area contributed by atoms with Crippen molar-refractivity contribution in [3.63, 3.8) is 0 Å². The van der Waals surface area contributed by atoms with Crippen LogP contribution in [0.25, 0.3) is 0 Å². The third-order valence-electron chi connectivity index (χ3n) is 2.51. The van der Waals surface area contributed by atoms with Crippen molar-refractivity contribution in [3.8, 4) is 0 Å². The highest BCUT2D eigenvalue weighted by molar-refractivity contribution is 6.18. The fourth-order valence-electron chi connectivity index (χ4n) is 1.72. The number of alkyl halides is 1. The fourth-order valence-corrected chi connectivity index (χ4v) is 1.92. The zero-order valence-corrected chi connectivity index (χ0v) is 9.02. The number of hydrogen-bond donors (Lipinski definition) is 0. The van der Waals surface area contributed by atoms with E-state index in [-0.39, 0.29) is 5.91 Å². The standard InChI is InChI=1S/C10H12ClN3O/c11-4-8-3-10(15)14(5-8)6-9-1-2-12-7-13-9/h1-2,7-8H,3-6H2. The molecule has 0 bridgehead atoms. The number of halogens is 1. The first-order valence-corrected chi connectivity index (χ1v) is 5.41. The van der Waals surface area contributed by atoms with Crippen LogP contribution >= 0.6 is 11.6 Å². The predicted molar refractivity (Wildman–Crippen MR) is 56.3 cm³/mol. The monoisotopic (exact) mass is 225 g/mol. The molecule has 0 aromatic carbocycles. The molecule has 5 heteroatoms. The van der Waals surface area contributed by atoms with E-state index in [1.807, 2.05) is 6.07 Å². The van der Waals surface area contributed by atoms with Gasteiger partial charge in [-0.3, -0.25) is 4.79 Å². The van der Waals surface area contributed by atoms with E-state index in [0.29, 0.717) is 24.8 Å². The predicted octanol–water partition coefficient (Wildman–Crippen LogP) is 1.06. The van der Waals surface area contributed by atoms with Crippen LogP contribution in [0.15, 0.2) is 18.6 Å². The SMILES string of the molecule is O=C1CC(CCl)CN1Cc1ccncn1. The molecule has 1 unspecified atom stereocenters. The summed E-state index contributed by atoms with van der Waals surface area (Å²) in [4.78, 5) is 21.3. The first kappa shape index (κ1) is 10.4. The molecule has 0 saturated carbocycles. The van der Waals surface area contributed by atoms with Gasteiger partial charge >= 0.3 is 0 Å². The van der Waals surface area contributed by atoms with Gasteiger partial charge in [-0.2, -0.15) is 0 Å². The Hall–Kier alpha value is -1.16. The Labute approximate surface area is 93.3 Å². The van der Waals surface area contributed by atoms with Crippen molar-refractivity contribution in [2.75, 3.05) is 12.4 Å². The van der Waals surface area contributed by atoms with Crippen LogP contribution in [0.4, 0.5) is 0 Å². The van der Waals surface area contributed by atoms with E-state index in [0.717, 1.165) is 12.2 Å². The lowest BCUT2D eigenvalue weighted by Crippen LogP contribution is -2.25. The highest BCUT2D eigenvalue weighted by Crippen LogP contribution is 2.20. The molecule has 4 nitrogen and oxygen atoms in total. The summed E-state index contributed by atoms with van der Waals surface area (Å²) in [5.74, 6) is 1.01. The summed E-state index contributed by atoms with van der Waals surface area (Å²) in [5, 5.41) is 0. The average Bonchev–Trinajstić information content (AvgIpc) is 2.61. The minimum atomic E-state index is 0.166. The summed E-state index contributed by atoms with van der Waals surface area (Å²) in [6.45, 7) is 1.31. The largest absolute Gasteiger partial charge is 0.336 e. The molecule has 1 aliphatic heterocycles. The Morgan fingerprint density at radius 1 is 1.60 bits per heavy atom. The second-order valence-electron chi connectivity index (χ2n) is 3.70. The van der Waals surface area contributed by atoms with Crippen LogP contribution in [0, 0.1) is 5.92 Å². The lowest BCUT2D eigenvalue weighted by Gasteiger charge is -2.15. The molecule has 1 amide bonds. The third-order valence-corrected chi connectivity index (χ3v) is 2.95. The van der Waals surface area contributed by atoms with Gasteiger partial charge in [-0.05, 0) is 12.0 Å². The van der Waals surface area contributed by atoms with Crippen molar-refractivity contribution >= 4 is 17.5 Å². The van der Waals surface area contributed by atoms with Gasteiger partial charge in [0.2, 0.25) is 5.91 Å². The molecule has 80 valence electrons. The van der Waals surface area contributed by atoms with E-state index >= 15 is 0 Å². The molecule has 0 aliphatic carbocycles. The molecule has 1 fully saturated rings. The molecule has 0 N–H and O–H groups in total. The first-order valence-electron chi connectivity index (χ1n) is 4.88. The van der Waals surface area contributed by atoms with Gasteiger partial charge in [-0.1, -0.05) is 0 Å². The van der Waals surface area contributed by atoms with E-state index in [1.54, 1.807) is 11.1 Å². The number of likely N-dealkylation sites (tertiary alicyclic amines) is 1. The van der Waals surface area contributed by atoms with Crippen LogP contribution in [0.5, 0.6) is 0 Å². The normalized spacial score (nSPS) is 21.0. The molecule has 1 atom stereocenters. The second kappa shape index (κ2) is 4.57. The number of carbonyl (C=O) groups excluding carboxylic acids is 1. The quantitative estimate of drug-likeness (QED) is 0.723. The summed E-state index contributed by atoms with van der Waals surface area (Å²) < 4.78 is 0. The van der Waals surface area contributed by atoms with Gasteiger partial charge in [0.05, 0.1) is 12.2 Å². The summed E-state index contributed by atoms with van der Waals surface area (Å²) in [7, 11) is 0. The van der Waals surface area contributed by atoms with Crippen LogP contribution in [-0.4, -0.2) is 33.2 Å². The fraction of sp³-hybridized carbons (Fsp3) is 0.500. The summed E-state index contributed by atoms with van der Waals surface area (Å²) in [6, 6.07) is 1.82. The molecule has 0 radical (unpaired) electrons. The van der Waals surface area contributed by atoms with Gasteiger partial charge in [-0.25, -0.2) is 9.97 Å². The van der Waals surface area contributed by atoms with E-state index in [9.17, 15) is 4.79 Å². The molecular formula is C10H12ClN3O. The zero-order valence-electron chi connectivity index (χ0n) is 8.27. The van der Waals surface area contributed by atoms with Gasteiger partial charge in [-0.15, -0.1) is 11.6 Å². The Morgan fingerprint density at radius 2 is 2.47 bits per heavy atom. The highest BCUT2D eigenvalue weighted by Gasteiger charge is 2.28. The zero-order chi connectivity index (χ0) is 10.7. The molecule has 0 spiro atoms. The van der Waals surface area contributed by atoms with E-state index in [2.05, 4.69) is 9.97 Å². The third kappa shape index (κ3) is 2.45. The van der Waals surface area contributed by atoms with Crippen molar-refractivity contribution in [2.45, 2.75) is 13.0 Å². The van der Waals surface area contributed by atoms with Gasteiger partial charge in [0.25, 0.3) is 0 Å². The van der Waals surface area contributed by atoms with Crippen LogP contribution in [0.3, 0.4) is 0 Å². The number of aromatic nitrogens is 2. The van der Waals surface area contributed by atoms with Gasteiger partial charge < -0.3 is 4.90 Å². The molecule has 1 aliphatic rings. The van der Waals surface area contributed by atoms with Crippen molar-refractivity contribution < 1.29 is 4.79 Å². The van der Waals surface area contributed by atoms with Crippen molar-refractivity contribution in [1.29, 1.82) is 0 Å². The maximum atomic E-state index is 11.6. The van der Waals surface area contributed by atoms with Gasteiger partial charge in [0.15, 0.2) is 0 Å². The second-order valence-corrected chi connectivity index (χ2v) is 4.01. The Bertz CT molecular complexity index is 344. The van der Waals surface area contributed by atoms with E-state index in [4.69, 9.17) is 11.6 Å². The van der Waals surface area contributed by atoms with Crippen molar-refractivity contribution in [3.05, 3.63) is 24.3 Å². The van der Waals surface area contributed by atoms with Crippen LogP contribution in [-0.2, 0) is 11.3 Å². The lowest BCUT2D eigenvalue weighted by atomic mass is 10.1. The Kier molecular flexibility index (Phi) is 3.16. The summed E-state index contributed by atoms with van der Waals surface area (Å²) >= 11 is 5.74. The van der Waals surface area contributed by atoms with Crippen LogP contribution < -0.4 is 0 Å². The van der Waals surface area contributed by atoms with E-state index < -0.39 is 0 Å². The maximum absolute atomic E-state index is 11.6. The minimum absolute atomic E-state index is 0.166. The van der Waals surface area contributed by atoms with Crippen molar-refractivity contribution in [2.24, 2.45) is 5.92 Å². The maximum Gasteiger partial charge on any atom is 0.223 e.